The van der Waals surface area contributed by atoms with Gasteiger partial charge in [0.1, 0.15) is 0 Å². The summed E-state index contributed by atoms with van der Waals surface area (Å²) >= 11 is 0. The van der Waals surface area contributed by atoms with Gasteiger partial charge >= 0.3 is 0 Å². The molecular weight excluding hydrogens is 248 g/mol. The lowest BCUT2D eigenvalue weighted by molar-refractivity contribution is 0.294. The summed E-state index contributed by atoms with van der Waals surface area (Å²) in [6, 6.07) is 10.0. The molecule has 2 aromatic rings. The number of ether oxygens (including phenoxy) is 1. The van der Waals surface area contributed by atoms with Crippen molar-refractivity contribution in [2.24, 2.45) is 5.73 Å². The summed E-state index contributed by atoms with van der Waals surface area (Å²) in [5.74, 6) is 0.694. The number of rotatable bonds is 8. The first kappa shape index (κ1) is 14.8. The van der Waals surface area contributed by atoms with Crippen molar-refractivity contribution >= 4 is 10.9 Å². The Balaban J connectivity index is 1.96. The van der Waals surface area contributed by atoms with Crippen LogP contribution in [0.2, 0.25) is 0 Å². The first-order valence-corrected chi connectivity index (χ1v) is 7.56. The molecule has 108 valence electrons. The summed E-state index contributed by atoms with van der Waals surface area (Å²) in [6.45, 7) is 3.47. The third-order valence-corrected chi connectivity index (χ3v) is 3.50. The highest BCUT2D eigenvalue weighted by Gasteiger charge is 2.05. The molecule has 0 aliphatic rings. The van der Waals surface area contributed by atoms with E-state index in [4.69, 9.17) is 10.5 Å². The molecule has 20 heavy (non-hydrogen) atoms. The zero-order chi connectivity index (χ0) is 14.2. The van der Waals surface area contributed by atoms with Gasteiger partial charge in [0, 0.05) is 18.0 Å². The highest BCUT2D eigenvalue weighted by Crippen LogP contribution is 2.21. The zero-order valence-electron chi connectivity index (χ0n) is 12.3. The van der Waals surface area contributed by atoms with Crippen LogP contribution in [0.1, 0.15) is 44.6 Å². The van der Waals surface area contributed by atoms with Crippen LogP contribution in [-0.2, 0) is 6.54 Å². The van der Waals surface area contributed by atoms with Gasteiger partial charge in [0.25, 0.3) is 0 Å². The lowest BCUT2D eigenvalue weighted by atomic mass is 10.1. The molecule has 0 aliphatic heterocycles. The van der Waals surface area contributed by atoms with Crippen LogP contribution in [0.15, 0.2) is 30.3 Å². The van der Waals surface area contributed by atoms with Crippen molar-refractivity contribution in [2.45, 2.75) is 45.6 Å². The summed E-state index contributed by atoms with van der Waals surface area (Å²) in [7, 11) is 0. The molecule has 0 saturated heterocycles. The fraction of sp³-hybridized carbons (Fsp3) is 0.471. The van der Waals surface area contributed by atoms with Gasteiger partial charge < -0.3 is 10.5 Å². The van der Waals surface area contributed by atoms with Crippen LogP contribution in [-0.4, -0.2) is 11.6 Å². The average molecular weight is 272 g/mol. The fourth-order valence-corrected chi connectivity index (χ4v) is 2.35. The average Bonchev–Trinajstić information content (AvgIpc) is 2.50. The van der Waals surface area contributed by atoms with Crippen molar-refractivity contribution in [1.82, 2.24) is 4.98 Å². The van der Waals surface area contributed by atoms with Crippen LogP contribution >= 0.6 is 0 Å². The van der Waals surface area contributed by atoms with Crippen molar-refractivity contribution in [3.63, 3.8) is 0 Å². The van der Waals surface area contributed by atoms with E-state index in [-0.39, 0.29) is 0 Å². The molecule has 0 atom stereocenters. The molecular formula is C17H24N2O. The smallest absolute Gasteiger partial charge is 0.214 e. The summed E-state index contributed by atoms with van der Waals surface area (Å²) in [5.41, 5.74) is 7.86. The highest BCUT2D eigenvalue weighted by molar-refractivity contribution is 5.82. The number of benzene rings is 1. The number of hydrogen-bond donors (Lipinski definition) is 1. The maximum absolute atomic E-state index is 5.81. The predicted octanol–water partition coefficient (Wildman–Crippen LogP) is 4.04. The van der Waals surface area contributed by atoms with Crippen molar-refractivity contribution in [2.75, 3.05) is 6.61 Å². The lowest BCUT2D eigenvalue weighted by Gasteiger charge is -2.09. The van der Waals surface area contributed by atoms with Gasteiger partial charge in [-0.05, 0) is 18.1 Å². The molecule has 0 aliphatic carbocycles. The molecule has 3 nitrogen and oxygen atoms in total. The van der Waals surface area contributed by atoms with Gasteiger partial charge in [0.15, 0.2) is 0 Å². The molecule has 0 amide bonds. The molecule has 0 radical (unpaired) electrons. The third kappa shape index (κ3) is 3.94. The van der Waals surface area contributed by atoms with Gasteiger partial charge in [-0.25, -0.2) is 4.98 Å². The number of para-hydroxylation sites is 1. The first-order valence-electron chi connectivity index (χ1n) is 7.56. The van der Waals surface area contributed by atoms with E-state index in [0.29, 0.717) is 12.4 Å². The summed E-state index contributed by atoms with van der Waals surface area (Å²) in [4.78, 5) is 4.54. The van der Waals surface area contributed by atoms with Gasteiger partial charge in [-0.15, -0.1) is 0 Å². The maximum atomic E-state index is 5.81. The Morgan fingerprint density at radius 2 is 1.90 bits per heavy atom. The van der Waals surface area contributed by atoms with Crippen molar-refractivity contribution in [3.05, 3.63) is 35.9 Å². The van der Waals surface area contributed by atoms with Crippen molar-refractivity contribution < 1.29 is 4.74 Å². The third-order valence-electron chi connectivity index (χ3n) is 3.50. The number of fused-ring (bicyclic) bond motifs is 1. The van der Waals surface area contributed by atoms with Crippen LogP contribution in [0.3, 0.4) is 0 Å². The Morgan fingerprint density at radius 3 is 2.70 bits per heavy atom. The minimum absolute atomic E-state index is 0.510. The summed E-state index contributed by atoms with van der Waals surface area (Å²) in [6.07, 6.45) is 6.19. The van der Waals surface area contributed by atoms with Crippen LogP contribution in [0.4, 0.5) is 0 Å². The quantitative estimate of drug-likeness (QED) is 0.738. The molecule has 0 fully saturated rings. The Bertz CT molecular complexity index is 540. The minimum Gasteiger partial charge on any atom is -0.478 e. The normalized spacial score (nSPS) is 10.9. The van der Waals surface area contributed by atoms with Gasteiger partial charge in [-0.3, -0.25) is 0 Å². The predicted molar refractivity (Wildman–Crippen MR) is 83.9 cm³/mol. The fourth-order valence-electron chi connectivity index (χ4n) is 2.35. The van der Waals surface area contributed by atoms with Gasteiger partial charge in [-0.2, -0.15) is 0 Å². The second-order valence-corrected chi connectivity index (χ2v) is 5.10. The molecule has 2 rings (SSSR count). The van der Waals surface area contributed by atoms with E-state index in [1.165, 1.54) is 25.7 Å². The number of aromatic nitrogens is 1. The molecule has 0 bridgehead atoms. The van der Waals surface area contributed by atoms with Crippen LogP contribution in [0, 0.1) is 0 Å². The molecule has 2 N–H and O–H groups in total. The first-order chi connectivity index (χ1) is 9.85. The number of hydrogen-bond acceptors (Lipinski definition) is 3. The monoisotopic (exact) mass is 272 g/mol. The standard InChI is InChI=1S/C17H24N2O/c1-2-3-4-5-8-11-20-17-12-14(13-18)15-9-6-7-10-16(15)19-17/h6-7,9-10,12H,2-5,8,11,13,18H2,1H3. The second kappa shape index (κ2) is 7.85. The van der Waals surface area contributed by atoms with E-state index in [2.05, 4.69) is 18.0 Å². The van der Waals surface area contributed by atoms with Gasteiger partial charge in [-0.1, -0.05) is 50.8 Å². The van der Waals surface area contributed by atoms with Gasteiger partial charge in [0.2, 0.25) is 5.88 Å². The minimum atomic E-state index is 0.510. The Hall–Kier alpha value is -1.61. The maximum Gasteiger partial charge on any atom is 0.214 e. The SMILES string of the molecule is CCCCCCCOc1cc(CN)c2ccccc2n1. The van der Waals surface area contributed by atoms with E-state index < -0.39 is 0 Å². The molecule has 1 aromatic heterocycles. The van der Waals surface area contributed by atoms with Gasteiger partial charge in [0.05, 0.1) is 12.1 Å². The van der Waals surface area contributed by atoms with Crippen molar-refractivity contribution in [1.29, 1.82) is 0 Å². The summed E-state index contributed by atoms with van der Waals surface area (Å²) < 4.78 is 5.77. The molecule has 1 aromatic carbocycles. The topological polar surface area (TPSA) is 48.1 Å². The second-order valence-electron chi connectivity index (χ2n) is 5.10. The van der Waals surface area contributed by atoms with Crippen LogP contribution in [0.5, 0.6) is 5.88 Å². The number of nitrogens with zero attached hydrogens (tertiary/aromatic N) is 1. The Morgan fingerprint density at radius 1 is 1.10 bits per heavy atom. The number of unbranched alkanes of at least 4 members (excludes halogenated alkanes) is 4. The molecule has 1 heterocycles. The largest absolute Gasteiger partial charge is 0.478 e. The van der Waals surface area contributed by atoms with Crippen molar-refractivity contribution in [3.8, 4) is 5.88 Å². The molecule has 3 heteroatoms. The number of pyridine rings is 1. The molecule has 0 saturated carbocycles. The van der Waals surface area contributed by atoms with E-state index in [1.807, 2.05) is 24.3 Å². The van der Waals surface area contributed by atoms with Crippen LogP contribution < -0.4 is 10.5 Å². The Kier molecular flexibility index (Phi) is 5.81. The molecule has 0 unspecified atom stereocenters. The van der Waals surface area contributed by atoms with E-state index in [1.54, 1.807) is 0 Å². The summed E-state index contributed by atoms with van der Waals surface area (Å²) in [5, 5.41) is 1.12. The van der Waals surface area contributed by atoms with Crippen LogP contribution in [0.25, 0.3) is 10.9 Å². The number of nitrogens with two attached hydrogens (primary N) is 1. The van der Waals surface area contributed by atoms with E-state index >= 15 is 0 Å². The Labute approximate surface area is 121 Å². The molecule has 0 spiro atoms. The highest BCUT2D eigenvalue weighted by atomic mass is 16.5. The zero-order valence-corrected chi connectivity index (χ0v) is 12.3. The lowest BCUT2D eigenvalue weighted by Crippen LogP contribution is -2.03. The van der Waals surface area contributed by atoms with E-state index in [9.17, 15) is 0 Å². The van der Waals surface area contributed by atoms with E-state index in [0.717, 1.165) is 29.5 Å².